The van der Waals surface area contributed by atoms with Crippen molar-refractivity contribution in [2.24, 2.45) is 0 Å². The summed E-state index contributed by atoms with van der Waals surface area (Å²) in [6.07, 6.45) is -0.296. The summed E-state index contributed by atoms with van der Waals surface area (Å²) in [5.41, 5.74) is 6.51. The van der Waals surface area contributed by atoms with Gasteiger partial charge >= 0.3 is 6.09 Å². The average molecular weight is 307 g/mol. The number of amides is 2. The van der Waals surface area contributed by atoms with Crippen LogP contribution < -0.4 is 16.0 Å². The van der Waals surface area contributed by atoms with Gasteiger partial charge in [-0.25, -0.2) is 9.78 Å². The molecule has 2 heterocycles. The molecule has 2 rings (SSSR count). The molecule has 8 nitrogen and oxygen atoms in total. The highest BCUT2D eigenvalue weighted by atomic mass is 16.6. The molecule has 1 aromatic heterocycles. The van der Waals surface area contributed by atoms with Crippen LogP contribution in [0, 0.1) is 0 Å². The first-order chi connectivity index (χ1) is 10.5. The van der Waals surface area contributed by atoms with Gasteiger partial charge in [0.15, 0.2) is 5.82 Å². The minimum Gasteiger partial charge on any atom is -0.450 e. The smallest absolute Gasteiger partial charge is 0.409 e. The Morgan fingerprint density at radius 1 is 1.32 bits per heavy atom. The normalized spacial score (nSPS) is 14.6. The summed E-state index contributed by atoms with van der Waals surface area (Å²) in [6.45, 7) is 5.89. The summed E-state index contributed by atoms with van der Waals surface area (Å²) >= 11 is 0. The third kappa shape index (κ3) is 3.78. The van der Waals surface area contributed by atoms with E-state index in [1.165, 1.54) is 6.92 Å². The molecular formula is C14H21N5O3. The maximum atomic E-state index is 11.7. The number of nitrogens with zero attached hydrogens (tertiary/aromatic N) is 3. The fourth-order valence-electron chi connectivity index (χ4n) is 2.28. The number of ether oxygens (including phenoxy) is 1. The third-order valence-corrected chi connectivity index (χ3v) is 3.31. The lowest BCUT2D eigenvalue weighted by Crippen LogP contribution is -2.49. The molecule has 0 radical (unpaired) electrons. The molecule has 1 aliphatic rings. The topological polar surface area (TPSA) is 101 Å². The molecule has 0 saturated carbocycles. The SMILES string of the molecule is CCOC(=O)N1CCN(c2nc(NC(C)=O)ccc2N)CC1. The van der Waals surface area contributed by atoms with E-state index < -0.39 is 0 Å². The van der Waals surface area contributed by atoms with Gasteiger partial charge in [0.2, 0.25) is 5.91 Å². The van der Waals surface area contributed by atoms with Crippen LogP contribution in [-0.4, -0.2) is 54.7 Å². The second-order valence-corrected chi connectivity index (χ2v) is 4.96. The molecule has 1 fully saturated rings. The molecule has 3 N–H and O–H groups in total. The van der Waals surface area contributed by atoms with E-state index in [0.717, 1.165) is 0 Å². The Kier molecular flexibility index (Phi) is 5.03. The Morgan fingerprint density at radius 3 is 2.59 bits per heavy atom. The maximum Gasteiger partial charge on any atom is 0.409 e. The van der Waals surface area contributed by atoms with Gasteiger partial charge in [-0.1, -0.05) is 0 Å². The first kappa shape index (κ1) is 15.9. The number of rotatable bonds is 3. The number of piperazine rings is 1. The Morgan fingerprint density at radius 2 is 2.00 bits per heavy atom. The maximum absolute atomic E-state index is 11.7. The highest BCUT2D eigenvalue weighted by Gasteiger charge is 2.24. The lowest BCUT2D eigenvalue weighted by atomic mass is 10.3. The van der Waals surface area contributed by atoms with Gasteiger partial charge in [0.25, 0.3) is 0 Å². The molecule has 1 aromatic rings. The van der Waals surface area contributed by atoms with E-state index >= 15 is 0 Å². The molecule has 2 amide bonds. The van der Waals surface area contributed by atoms with Crippen molar-refractivity contribution in [3.05, 3.63) is 12.1 Å². The highest BCUT2D eigenvalue weighted by molar-refractivity contribution is 5.88. The van der Waals surface area contributed by atoms with Gasteiger partial charge in [-0.05, 0) is 19.1 Å². The Hall–Kier alpha value is -2.51. The molecule has 0 unspecified atom stereocenters. The number of hydrogen-bond acceptors (Lipinski definition) is 6. The number of nitrogens with one attached hydrogen (secondary N) is 1. The van der Waals surface area contributed by atoms with Gasteiger partial charge in [0, 0.05) is 33.1 Å². The summed E-state index contributed by atoms with van der Waals surface area (Å²) in [5, 5.41) is 2.64. The fourth-order valence-corrected chi connectivity index (χ4v) is 2.28. The predicted molar refractivity (Wildman–Crippen MR) is 83.8 cm³/mol. The lowest BCUT2D eigenvalue weighted by molar-refractivity contribution is -0.114. The lowest BCUT2D eigenvalue weighted by Gasteiger charge is -2.35. The average Bonchev–Trinajstić information content (AvgIpc) is 2.49. The predicted octanol–water partition coefficient (Wildman–Crippen LogP) is 0.901. The number of carbonyl (C=O) groups is 2. The molecule has 22 heavy (non-hydrogen) atoms. The van der Waals surface area contributed by atoms with Crippen LogP contribution in [0.3, 0.4) is 0 Å². The summed E-state index contributed by atoms with van der Waals surface area (Å²) in [7, 11) is 0. The number of pyridine rings is 1. The van der Waals surface area contributed by atoms with Crippen molar-refractivity contribution < 1.29 is 14.3 Å². The van der Waals surface area contributed by atoms with Crippen molar-refractivity contribution in [1.29, 1.82) is 0 Å². The fraction of sp³-hybridized carbons (Fsp3) is 0.500. The third-order valence-electron chi connectivity index (χ3n) is 3.31. The van der Waals surface area contributed by atoms with Crippen LogP contribution in [-0.2, 0) is 9.53 Å². The van der Waals surface area contributed by atoms with Crippen LogP contribution in [0.2, 0.25) is 0 Å². The van der Waals surface area contributed by atoms with E-state index in [4.69, 9.17) is 10.5 Å². The van der Waals surface area contributed by atoms with E-state index in [-0.39, 0.29) is 12.0 Å². The monoisotopic (exact) mass is 307 g/mol. The van der Waals surface area contributed by atoms with Crippen molar-refractivity contribution in [2.45, 2.75) is 13.8 Å². The molecule has 120 valence electrons. The van der Waals surface area contributed by atoms with Crippen molar-refractivity contribution in [1.82, 2.24) is 9.88 Å². The van der Waals surface area contributed by atoms with Crippen molar-refractivity contribution >= 4 is 29.3 Å². The number of aromatic nitrogens is 1. The van der Waals surface area contributed by atoms with E-state index in [9.17, 15) is 9.59 Å². The number of nitrogens with two attached hydrogens (primary N) is 1. The van der Waals surface area contributed by atoms with Crippen LogP contribution in [0.4, 0.5) is 22.1 Å². The van der Waals surface area contributed by atoms with E-state index in [1.54, 1.807) is 24.0 Å². The second-order valence-electron chi connectivity index (χ2n) is 4.96. The zero-order valence-electron chi connectivity index (χ0n) is 12.8. The molecule has 0 atom stereocenters. The first-order valence-electron chi connectivity index (χ1n) is 7.22. The molecule has 0 spiro atoms. The zero-order chi connectivity index (χ0) is 16.1. The summed E-state index contributed by atoms with van der Waals surface area (Å²) < 4.78 is 4.99. The van der Waals surface area contributed by atoms with Gasteiger partial charge in [0.1, 0.15) is 5.82 Å². The Labute approximate surface area is 129 Å². The largest absolute Gasteiger partial charge is 0.450 e. The minimum absolute atomic E-state index is 0.185. The summed E-state index contributed by atoms with van der Waals surface area (Å²) in [5.74, 6) is 0.898. The van der Waals surface area contributed by atoms with Crippen LogP contribution in [0.5, 0.6) is 0 Å². The van der Waals surface area contributed by atoms with Gasteiger partial charge in [-0.2, -0.15) is 0 Å². The molecule has 1 saturated heterocycles. The van der Waals surface area contributed by atoms with Crippen molar-refractivity contribution in [3.8, 4) is 0 Å². The highest BCUT2D eigenvalue weighted by Crippen LogP contribution is 2.24. The number of hydrogen-bond donors (Lipinski definition) is 2. The van der Waals surface area contributed by atoms with E-state index in [2.05, 4.69) is 10.3 Å². The summed E-state index contributed by atoms with van der Waals surface area (Å²) in [6, 6.07) is 3.38. The standard InChI is InChI=1S/C14H21N5O3/c1-3-22-14(21)19-8-6-18(7-9-19)13-11(15)4-5-12(17-13)16-10(2)20/h4-5H,3,6-9,15H2,1-2H3,(H,16,17,20). The van der Waals surface area contributed by atoms with Crippen molar-refractivity contribution in [3.63, 3.8) is 0 Å². The van der Waals surface area contributed by atoms with Crippen LogP contribution in [0.25, 0.3) is 0 Å². The van der Waals surface area contributed by atoms with E-state index in [1.807, 2.05) is 4.90 Å². The number of carbonyl (C=O) groups excluding carboxylic acids is 2. The van der Waals surface area contributed by atoms with E-state index in [0.29, 0.717) is 50.1 Å². The quantitative estimate of drug-likeness (QED) is 0.860. The van der Waals surface area contributed by atoms with Crippen LogP contribution in [0.1, 0.15) is 13.8 Å². The van der Waals surface area contributed by atoms with Gasteiger partial charge in [0.05, 0.1) is 12.3 Å². The number of nitrogen functional groups attached to an aromatic ring is 1. The Bertz CT molecular complexity index is 555. The molecule has 0 bridgehead atoms. The van der Waals surface area contributed by atoms with Gasteiger partial charge in [-0.15, -0.1) is 0 Å². The minimum atomic E-state index is -0.296. The number of anilines is 3. The van der Waals surface area contributed by atoms with Gasteiger partial charge < -0.3 is 25.6 Å². The first-order valence-corrected chi connectivity index (χ1v) is 7.22. The van der Waals surface area contributed by atoms with Crippen LogP contribution >= 0.6 is 0 Å². The second kappa shape index (κ2) is 6.97. The molecule has 1 aliphatic heterocycles. The Balaban J connectivity index is 2.04. The van der Waals surface area contributed by atoms with Crippen molar-refractivity contribution in [2.75, 3.05) is 48.7 Å². The molecular weight excluding hydrogens is 286 g/mol. The molecule has 0 aliphatic carbocycles. The van der Waals surface area contributed by atoms with Crippen LogP contribution in [0.15, 0.2) is 12.1 Å². The molecule has 8 heteroatoms. The van der Waals surface area contributed by atoms with Gasteiger partial charge in [-0.3, -0.25) is 4.79 Å². The molecule has 0 aromatic carbocycles. The zero-order valence-corrected chi connectivity index (χ0v) is 12.8. The summed E-state index contributed by atoms with van der Waals surface area (Å²) in [4.78, 5) is 30.8.